The van der Waals surface area contributed by atoms with Gasteiger partial charge in [0.05, 0.1) is 6.04 Å². The number of aliphatic hydroxyl groups excluding tert-OH is 1. The quantitative estimate of drug-likeness (QED) is 0.776. The Labute approximate surface area is 140 Å². The molecule has 0 fully saturated rings. The van der Waals surface area contributed by atoms with Crippen molar-refractivity contribution in [3.8, 4) is 0 Å². The van der Waals surface area contributed by atoms with Crippen molar-refractivity contribution in [1.82, 2.24) is 5.32 Å². The van der Waals surface area contributed by atoms with Gasteiger partial charge in [0.25, 0.3) is 0 Å². The molecular weight excluding hydrogens is 312 g/mol. The number of benzene rings is 2. The molecule has 0 saturated heterocycles. The van der Waals surface area contributed by atoms with Crippen molar-refractivity contribution in [2.45, 2.75) is 31.7 Å². The summed E-state index contributed by atoms with van der Waals surface area (Å²) in [4.78, 5) is 12.2. The topological polar surface area (TPSA) is 49.3 Å². The van der Waals surface area contributed by atoms with Crippen LogP contribution in [0.25, 0.3) is 0 Å². The molecule has 0 aliphatic heterocycles. The molecule has 0 aliphatic carbocycles. The minimum atomic E-state index is -0.517. The molecule has 5 heteroatoms. The fraction of sp³-hybridized carbons (Fsp3) is 0.316. The first-order valence-corrected chi connectivity index (χ1v) is 7.99. The standard InChI is InChI=1S/C19H21F2NO2/c20-16-9-10-17(21)15(13-16)8-11-19(24)22-18(7-4-12-23)14-5-2-1-3-6-14/h1-3,5-6,9-10,13,18,23H,4,7-8,11-12H2,(H,22,24). The highest BCUT2D eigenvalue weighted by Crippen LogP contribution is 2.19. The molecule has 2 aromatic rings. The van der Waals surface area contributed by atoms with E-state index < -0.39 is 11.6 Å². The molecule has 24 heavy (non-hydrogen) atoms. The van der Waals surface area contributed by atoms with E-state index in [1.165, 1.54) is 0 Å². The lowest BCUT2D eigenvalue weighted by molar-refractivity contribution is -0.121. The van der Waals surface area contributed by atoms with E-state index in [0.29, 0.717) is 12.8 Å². The van der Waals surface area contributed by atoms with Gasteiger partial charge in [0.2, 0.25) is 5.91 Å². The SMILES string of the molecule is O=C(CCc1cc(F)ccc1F)NC(CCCO)c1ccccc1. The molecule has 0 heterocycles. The summed E-state index contributed by atoms with van der Waals surface area (Å²) in [5, 5.41) is 11.9. The first-order chi connectivity index (χ1) is 11.6. The van der Waals surface area contributed by atoms with Crippen LogP contribution in [-0.4, -0.2) is 17.6 Å². The Morgan fingerprint density at radius 3 is 2.58 bits per heavy atom. The Bertz CT molecular complexity index is 662. The first-order valence-electron chi connectivity index (χ1n) is 7.99. The molecule has 128 valence electrons. The summed E-state index contributed by atoms with van der Waals surface area (Å²) < 4.78 is 26.7. The van der Waals surface area contributed by atoms with Crippen LogP contribution in [0.5, 0.6) is 0 Å². The Morgan fingerprint density at radius 1 is 1.12 bits per heavy atom. The largest absolute Gasteiger partial charge is 0.396 e. The normalized spacial score (nSPS) is 12.0. The zero-order valence-corrected chi connectivity index (χ0v) is 13.3. The molecule has 0 spiro atoms. The molecule has 0 saturated carbocycles. The zero-order valence-electron chi connectivity index (χ0n) is 13.3. The second-order valence-electron chi connectivity index (χ2n) is 5.63. The molecule has 1 amide bonds. The van der Waals surface area contributed by atoms with Crippen LogP contribution in [0.3, 0.4) is 0 Å². The highest BCUT2D eigenvalue weighted by molar-refractivity contribution is 5.76. The minimum absolute atomic E-state index is 0.0493. The van der Waals surface area contributed by atoms with Crippen molar-refractivity contribution in [2.24, 2.45) is 0 Å². The fourth-order valence-corrected chi connectivity index (χ4v) is 2.55. The van der Waals surface area contributed by atoms with Gasteiger partial charge in [-0.05, 0) is 48.6 Å². The van der Waals surface area contributed by atoms with Crippen LogP contribution in [-0.2, 0) is 11.2 Å². The van der Waals surface area contributed by atoms with Crippen molar-refractivity contribution < 1.29 is 18.7 Å². The summed E-state index contributed by atoms with van der Waals surface area (Å²) in [5.74, 6) is -1.26. The van der Waals surface area contributed by atoms with Crippen molar-refractivity contribution in [1.29, 1.82) is 0 Å². The third kappa shape index (κ3) is 5.42. The summed E-state index contributed by atoms with van der Waals surface area (Å²) in [6.07, 6.45) is 1.39. The maximum atomic E-state index is 13.6. The molecule has 1 unspecified atom stereocenters. The Morgan fingerprint density at radius 2 is 1.88 bits per heavy atom. The lowest BCUT2D eigenvalue weighted by atomic mass is 10.0. The van der Waals surface area contributed by atoms with Crippen LogP contribution >= 0.6 is 0 Å². The van der Waals surface area contributed by atoms with Crippen molar-refractivity contribution in [3.63, 3.8) is 0 Å². The van der Waals surface area contributed by atoms with Crippen LogP contribution in [0.2, 0.25) is 0 Å². The average Bonchev–Trinajstić information content (AvgIpc) is 2.60. The van der Waals surface area contributed by atoms with E-state index in [4.69, 9.17) is 5.11 Å². The van der Waals surface area contributed by atoms with Crippen molar-refractivity contribution in [2.75, 3.05) is 6.61 Å². The monoisotopic (exact) mass is 333 g/mol. The van der Waals surface area contributed by atoms with Gasteiger partial charge in [-0.2, -0.15) is 0 Å². The van der Waals surface area contributed by atoms with Gasteiger partial charge in [-0.15, -0.1) is 0 Å². The Kier molecular flexibility index (Phi) is 6.88. The molecule has 2 N–H and O–H groups in total. The molecular formula is C19H21F2NO2. The van der Waals surface area contributed by atoms with E-state index in [9.17, 15) is 13.6 Å². The number of hydrogen-bond donors (Lipinski definition) is 2. The van der Waals surface area contributed by atoms with E-state index in [0.717, 1.165) is 23.8 Å². The van der Waals surface area contributed by atoms with E-state index in [-0.39, 0.29) is 37.0 Å². The van der Waals surface area contributed by atoms with E-state index in [2.05, 4.69) is 5.32 Å². The number of amides is 1. The van der Waals surface area contributed by atoms with Gasteiger partial charge < -0.3 is 10.4 Å². The number of rotatable bonds is 8. The molecule has 2 rings (SSSR count). The lowest BCUT2D eigenvalue weighted by Gasteiger charge is -2.19. The summed E-state index contributed by atoms with van der Waals surface area (Å²) in [6.45, 7) is 0.0493. The van der Waals surface area contributed by atoms with E-state index in [1.807, 2.05) is 30.3 Å². The van der Waals surface area contributed by atoms with Gasteiger partial charge in [-0.3, -0.25) is 4.79 Å². The lowest BCUT2D eigenvalue weighted by Crippen LogP contribution is -2.29. The third-order valence-electron chi connectivity index (χ3n) is 3.82. The van der Waals surface area contributed by atoms with Crippen LogP contribution < -0.4 is 5.32 Å². The molecule has 1 atom stereocenters. The van der Waals surface area contributed by atoms with Gasteiger partial charge in [0, 0.05) is 13.0 Å². The first kappa shape index (κ1) is 18.1. The Hall–Kier alpha value is -2.27. The van der Waals surface area contributed by atoms with Gasteiger partial charge in [-0.25, -0.2) is 8.78 Å². The highest BCUT2D eigenvalue weighted by atomic mass is 19.1. The maximum absolute atomic E-state index is 13.6. The fourth-order valence-electron chi connectivity index (χ4n) is 2.55. The van der Waals surface area contributed by atoms with Crippen LogP contribution in [0.1, 0.15) is 36.4 Å². The molecule has 0 bridgehead atoms. The number of aryl methyl sites for hydroxylation is 1. The molecule has 0 aromatic heterocycles. The van der Waals surface area contributed by atoms with Crippen molar-refractivity contribution >= 4 is 5.91 Å². The van der Waals surface area contributed by atoms with E-state index >= 15 is 0 Å². The second kappa shape index (κ2) is 9.13. The predicted octanol–water partition coefficient (Wildman–Crippen LogP) is 3.53. The summed E-state index contributed by atoms with van der Waals surface area (Å²) >= 11 is 0. The third-order valence-corrected chi connectivity index (χ3v) is 3.82. The number of nitrogens with one attached hydrogen (secondary N) is 1. The van der Waals surface area contributed by atoms with Gasteiger partial charge in [-0.1, -0.05) is 30.3 Å². The summed E-state index contributed by atoms with van der Waals surface area (Å²) in [6, 6.07) is 12.5. The van der Waals surface area contributed by atoms with Gasteiger partial charge >= 0.3 is 0 Å². The van der Waals surface area contributed by atoms with Crippen molar-refractivity contribution in [3.05, 3.63) is 71.3 Å². The smallest absolute Gasteiger partial charge is 0.220 e. The number of halogens is 2. The zero-order chi connectivity index (χ0) is 17.4. The average molecular weight is 333 g/mol. The van der Waals surface area contributed by atoms with Gasteiger partial charge in [0.1, 0.15) is 11.6 Å². The maximum Gasteiger partial charge on any atom is 0.220 e. The summed E-state index contributed by atoms with van der Waals surface area (Å²) in [7, 11) is 0. The second-order valence-corrected chi connectivity index (χ2v) is 5.63. The van der Waals surface area contributed by atoms with Gasteiger partial charge in [0.15, 0.2) is 0 Å². The molecule has 2 aromatic carbocycles. The highest BCUT2D eigenvalue weighted by Gasteiger charge is 2.15. The molecule has 0 radical (unpaired) electrons. The number of carbonyl (C=O) groups is 1. The minimum Gasteiger partial charge on any atom is -0.396 e. The Balaban J connectivity index is 1.96. The molecule has 3 nitrogen and oxygen atoms in total. The predicted molar refractivity (Wildman–Crippen MR) is 88.3 cm³/mol. The van der Waals surface area contributed by atoms with E-state index in [1.54, 1.807) is 0 Å². The van der Waals surface area contributed by atoms with Crippen LogP contribution in [0.4, 0.5) is 8.78 Å². The van der Waals surface area contributed by atoms with Crippen LogP contribution in [0, 0.1) is 11.6 Å². The molecule has 0 aliphatic rings. The summed E-state index contributed by atoms with van der Waals surface area (Å²) in [5.41, 5.74) is 1.15. The number of hydrogen-bond acceptors (Lipinski definition) is 2. The number of aliphatic hydroxyl groups is 1. The van der Waals surface area contributed by atoms with Crippen LogP contribution in [0.15, 0.2) is 48.5 Å². The number of carbonyl (C=O) groups excluding carboxylic acids is 1.